The fraction of sp³-hybridized carbons (Fsp3) is 0.308. The molecule has 3 nitrogen and oxygen atoms in total. The summed E-state index contributed by atoms with van der Waals surface area (Å²) in [6, 6.07) is 6.17. The normalized spacial score (nSPS) is 17.1. The lowest BCUT2D eigenvalue weighted by atomic mass is 9.91. The van der Waals surface area contributed by atoms with Crippen LogP contribution in [0.2, 0.25) is 0 Å². The van der Waals surface area contributed by atoms with Crippen molar-refractivity contribution in [3.05, 3.63) is 29.3 Å². The van der Waals surface area contributed by atoms with E-state index in [0.717, 1.165) is 35.5 Å². The Morgan fingerprint density at radius 3 is 2.62 bits per heavy atom. The summed E-state index contributed by atoms with van der Waals surface area (Å²) in [6.07, 6.45) is 3.88. The molecule has 80 valence electrons. The van der Waals surface area contributed by atoms with Crippen molar-refractivity contribution >= 4 is 5.57 Å². The van der Waals surface area contributed by atoms with E-state index < -0.39 is 0 Å². The highest BCUT2D eigenvalue weighted by molar-refractivity contribution is 5.81. The van der Waals surface area contributed by atoms with Crippen LogP contribution in [0.25, 0.3) is 5.57 Å². The van der Waals surface area contributed by atoms with Crippen LogP contribution in [0, 0.1) is 11.3 Å². The minimum absolute atomic E-state index is 0.581. The van der Waals surface area contributed by atoms with Gasteiger partial charge in [0.2, 0.25) is 0 Å². The third-order valence-electron chi connectivity index (χ3n) is 2.94. The molecule has 1 heterocycles. The highest BCUT2D eigenvalue weighted by Gasteiger charge is 2.19. The van der Waals surface area contributed by atoms with Crippen LogP contribution in [0.1, 0.15) is 17.5 Å². The Balaban J connectivity index is 2.15. The predicted octanol–water partition coefficient (Wildman–Crippen LogP) is 2.31. The summed E-state index contributed by atoms with van der Waals surface area (Å²) in [4.78, 5) is 0. The van der Waals surface area contributed by atoms with E-state index in [0.29, 0.717) is 13.2 Å². The fourth-order valence-corrected chi connectivity index (χ4v) is 2.18. The minimum atomic E-state index is 0.581. The maximum Gasteiger partial charge on any atom is 0.162 e. The van der Waals surface area contributed by atoms with Crippen molar-refractivity contribution in [2.75, 3.05) is 13.2 Å². The maximum atomic E-state index is 9.05. The Morgan fingerprint density at radius 2 is 1.88 bits per heavy atom. The number of hydrogen-bond acceptors (Lipinski definition) is 3. The van der Waals surface area contributed by atoms with E-state index in [1.165, 1.54) is 5.56 Å². The number of rotatable bonds is 0. The highest BCUT2D eigenvalue weighted by atomic mass is 16.6. The van der Waals surface area contributed by atoms with Gasteiger partial charge in [-0.1, -0.05) is 6.08 Å². The number of nitriles is 1. The Hall–Kier alpha value is -1.95. The second-order valence-corrected chi connectivity index (χ2v) is 3.92. The molecule has 0 spiro atoms. The third kappa shape index (κ3) is 1.35. The van der Waals surface area contributed by atoms with Crippen molar-refractivity contribution in [1.82, 2.24) is 0 Å². The highest BCUT2D eigenvalue weighted by Crippen LogP contribution is 2.37. The number of ether oxygens (including phenoxy) is 2. The van der Waals surface area contributed by atoms with E-state index in [1.54, 1.807) is 0 Å². The first-order chi connectivity index (χ1) is 7.88. The Kier molecular flexibility index (Phi) is 2.07. The van der Waals surface area contributed by atoms with Crippen molar-refractivity contribution in [3.8, 4) is 17.6 Å². The maximum absolute atomic E-state index is 9.05. The number of fused-ring (bicyclic) bond motifs is 2. The van der Waals surface area contributed by atoms with Gasteiger partial charge in [0.1, 0.15) is 13.2 Å². The number of benzene rings is 1. The van der Waals surface area contributed by atoms with Crippen LogP contribution < -0.4 is 9.47 Å². The molecule has 0 saturated carbocycles. The number of nitrogens with zero attached hydrogens (tertiary/aromatic N) is 1. The summed E-state index contributed by atoms with van der Waals surface area (Å²) in [5.41, 5.74) is 2.93. The van der Waals surface area contributed by atoms with Gasteiger partial charge in [-0.05, 0) is 36.1 Å². The third-order valence-corrected chi connectivity index (χ3v) is 2.94. The molecule has 1 aliphatic heterocycles. The molecule has 0 fully saturated rings. The van der Waals surface area contributed by atoms with Crippen LogP contribution in [0.4, 0.5) is 0 Å². The minimum Gasteiger partial charge on any atom is -0.486 e. The van der Waals surface area contributed by atoms with Crippen molar-refractivity contribution < 1.29 is 9.47 Å². The summed E-state index contributed by atoms with van der Waals surface area (Å²) in [5.74, 6) is 1.57. The van der Waals surface area contributed by atoms with Crippen LogP contribution in [-0.2, 0) is 6.42 Å². The zero-order chi connectivity index (χ0) is 11.0. The molecular formula is C13H11NO2. The molecular weight excluding hydrogens is 202 g/mol. The van der Waals surface area contributed by atoms with E-state index in [4.69, 9.17) is 14.7 Å². The van der Waals surface area contributed by atoms with Crippen molar-refractivity contribution in [1.29, 1.82) is 5.26 Å². The van der Waals surface area contributed by atoms with Crippen LogP contribution >= 0.6 is 0 Å². The van der Waals surface area contributed by atoms with E-state index in [9.17, 15) is 0 Å². The molecule has 0 bridgehead atoms. The van der Waals surface area contributed by atoms with E-state index in [-0.39, 0.29) is 0 Å². The van der Waals surface area contributed by atoms with Gasteiger partial charge in [-0.2, -0.15) is 5.26 Å². The Labute approximate surface area is 93.9 Å². The summed E-state index contributed by atoms with van der Waals surface area (Å²) in [5, 5.41) is 9.05. The average Bonchev–Trinajstić information content (AvgIpc) is 2.35. The van der Waals surface area contributed by atoms with Gasteiger partial charge in [0.25, 0.3) is 0 Å². The second kappa shape index (κ2) is 3.57. The first-order valence-corrected chi connectivity index (χ1v) is 5.41. The second-order valence-electron chi connectivity index (χ2n) is 3.92. The molecule has 1 aromatic carbocycles. The van der Waals surface area contributed by atoms with Gasteiger partial charge in [0, 0.05) is 0 Å². The van der Waals surface area contributed by atoms with Crippen molar-refractivity contribution in [3.63, 3.8) is 0 Å². The van der Waals surface area contributed by atoms with Gasteiger partial charge in [0.05, 0.1) is 11.6 Å². The van der Waals surface area contributed by atoms with Gasteiger partial charge in [0.15, 0.2) is 11.5 Å². The lowest BCUT2D eigenvalue weighted by Gasteiger charge is -2.22. The van der Waals surface area contributed by atoms with E-state index in [2.05, 4.69) is 6.07 Å². The number of allylic oxidation sites excluding steroid dienone is 2. The molecule has 16 heavy (non-hydrogen) atoms. The molecule has 3 rings (SSSR count). The molecule has 0 atom stereocenters. The zero-order valence-electron chi connectivity index (χ0n) is 8.82. The molecule has 3 heteroatoms. The summed E-state index contributed by atoms with van der Waals surface area (Å²) in [7, 11) is 0. The number of aryl methyl sites for hydroxylation is 1. The van der Waals surface area contributed by atoms with Gasteiger partial charge in [-0.15, -0.1) is 0 Å². The Morgan fingerprint density at radius 1 is 1.12 bits per heavy atom. The first-order valence-electron chi connectivity index (χ1n) is 5.41. The topological polar surface area (TPSA) is 42.2 Å². The SMILES string of the molecule is N#CC1=CCCc2cc3c(cc21)OCCO3. The Bertz CT molecular complexity index is 511. The van der Waals surface area contributed by atoms with Crippen LogP contribution in [0.15, 0.2) is 18.2 Å². The number of hydrogen-bond donors (Lipinski definition) is 0. The molecule has 0 N–H and O–H groups in total. The van der Waals surface area contributed by atoms with Crippen LogP contribution in [-0.4, -0.2) is 13.2 Å². The summed E-state index contributed by atoms with van der Waals surface area (Å²) < 4.78 is 11.1. The average molecular weight is 213 g/mol. The van der Waals surface area contributed by atoms with Gasteiger partial charge in [-0.3, -0.25) is 0 Å². The van der Waals surface area contributed by atoms with Crippen molar-refractivity contribution in [2.45, 2.75) is 12.8 Å². The molecule has 0 amide bonds. The van der Waals surface area contributed by atoms with E-state index in [1.807, 2.05) is 18.2 Å². The molecule has 0 aromatic heterocycles. The summed E-state index contributed by atoms with van der Waals surface area (Å²) in [6.45, 7) is 1.18. The first kappa shape index (κ1) is 9.29. The van der Waals surface area contributed by atoms with E-state index >= 15 is 0 Å². The molecule has 1 aromatic rings. The molecule has 2 aliphatic rings. The van der Waals surface area contributed by atoms with Gasteiger partial charge in [-0.25, -0.2) is 0 Å². The molecule has 0 radical (unpaired) electrons. The summed E-state index contributed by atoms with van der Waals surface area (Å²) >= 11 is 0. The quantitative estimate of drug-likeness (QED) is 0.664. The monoisotopic (exact) mass is 213 g/mol. The zero-order valence-corrected chi connectivity index (χ0v) is 8.82. The fourth-order valence-electron chi connectivity index (χ4n) is 2.18. The molecule has 0 saturated heterocycles. The lowest BCUT2D eigenvalue weighted by molar-refractivity contribution is 0.171. The van der Waals surface area contributed by atoms with Crippen molar-refractivity contribution in [2.24, 2.45) is 0 Å². The standard InChI is InChI=1S/C13H11NO2/c14-8-10-3-1-2-9-6-12-13(7-11(9)10)16-5-4-15-12/h3,6-7H,1-2,4-5H2. The largest absolute Gasteiger partial charge is 0.486 e. The molecule has 0 unspecified atom stereocenters. The van der Waals surface area contributed by atoms with Gasteiger partial charge < -0.3 is 9.47 Å². The predicted molar refractivity (Wildman–Crippen MR) is 59.3 cm³/mol. The van der Waals surface area contributed by atoms with Gasteiger partial charge >= 0.3 is 0 Å². The smallest absolute Gasteiger partial charge is 0.162 e. The lowest BCUT2D eigenvalue weighted by Crippen LogP contribution is -2.16. The van der Waals surface area contributed by atoms with Crippen LogP contribution in [0.5, 0.6) is 11.5 Å². The molecule has 1 aliphatic carbocycles. The van der Waals surface area contributed by atoms with Crippen LogP contribution in [0.3, 0.4) is 0 Å².